The first-order valence-corrected chi connectivity index (χ1v) is 6.87. The summed E-state index contributed by atoms with van der Waals surface area (Å²) in [5, 5.41) is 17.0. The maximum Gasteiger partial charge on any atom is 0.270 e. The van der Waals surface area contributed by atoms with Gasteiger partial charge >= 0.3 is 0 Å². The van der Waals surface area contributed by atoms with Crippen molar-refractivity contribution in [3.05, 3.63) is 38.9 Å². The van der Waals surface area contributed by atoms with Gasteiger partial charge in [0.2, 0.25) is 5.91 Å². The number of hydrogen-bond acceptors (Lipinski definition) is 4. The van der Waals surface area contributed by atoms with E-state index in [0.29, 0.717) is 5.56 Å². The third-order valence-electron chi connectivity index (χ3n) is 3.26. The quantitative estimate of drug-likeness (QED) is 0.652. The Morgan fingerprint density at radius 3 is 2.86 bits per heavy atom. The number of non-ortho nitro benzene ring substituents is 1. The second kappa shape index (κ2) is 8.17. The zero-order valence-electron chi connectivity index (χ0n) is 11.3. The van der Waals surface area contributed by atoms with Crippen LogP contribution in [0.2, 0.25) is 5.02 Å². The van der Waals surface area contributed by atoms with E-state index in [4.69, 9.17) is 11.6 Å². The fourth-order valence-electron chi connectivity index (χ4n) is 2.22. The molecule has 1 aliphatic rings. The van der Waals surface area contributed by atoms with Crippen molar-refractivity contribution in [3.8, 4) is 0 Å². The van der Waals surface area contributed by atoms with Gasteiger partial charge in [0.1, 0.15) is 0 Å². The van der Waals surface area contributed by atoms with Gasteiger partial charge in [-0.1, -0.05) is 17.7 Å². The first kappa shape index (κ1) is 17.7. The molecule has 0 aromatic heterocycles. The number of halogens is 2. The zero-order chi connectivity index (χ0) is 14.5. The van der Waals surface area contributed by atoms with E-state index in [0.717, 1.165) is 25.9 Å². The van der Waals surface area contributed by atoms with Crippen LogP contribution >= 0.6 is 24.0 Å². The second-order valence-electron chi connectivity index (χ2n) is 4.82. The number of nitrogens with one attached hydrogen (secondary N) is 2. The summed E-state index contributed by atoms with van der Waals surface area (Å²) in [7, 11) is 0. The fraction of sp³-hybridized carbons (Fsp3) is 0.462. The van der Waals surface area contributed by atoms with E-state index < -0.39 is 4.92 Å². The van der Waals surface area contributed by atoms with Gasteiger partial charge in [-0.2, -0.15) is 0 Å². The molecule has 0 aliphatic carbocycles. The summed E-state index contributed by atoms with van der Waals surface area (Å²) in [6.45, 7) is 1.76. The summed E-state index contributed by atoms with van der Waals surface area (Å²) < 4.78 is 0. The zero-order valence-corrected chi connectivity index (χ0v) is 12.9. The van der Waals surface area contributed by atoms with Crippen LogP contribution in [0.1, 0.15) is 18.4 Å². The monoisotopic (exact) mass is 333 g/mol. The number of amides is 1. The smallest absolute Gasteiger partial charge is 0.270 e. The largest absolute Gasteiger partial charge is 0.352 e. The van der Waals surface area contributed by atoms with Crippen molar-refractivity contribution in [2.45, 2.75) is 25.3 Å². The van der Waals surface area contributed by atoms with Crippen LogP contribution < -0.4 is 10.6 Å². The predicted octanol–water partition coefficient (Wildman–Crippen LogP) is 2.08. The van der Waals surface area contributed by atoms with Crippen LogP contribution in [0.5, 0.6) is 0 Å². The average molecular weight is 334 g/mol. The number of hydrogen-bond donors (Lipinski definition) is 2. The molecule has 21 heavy (non-hydrogen) atoms. The number of nitrogens with zero attached hydrogens (tertiary/aromatic N) is 1. The molecule has 1 heterocycles. The Morgan fingerprint density at radius 2 is 2.29 bits per heavy atom. The molecule has 2 N–H and O–H groups in total. The van der Waals surface area contributed by atoms with E-state index in [1.54, 1.807) is 0 Å². The van der Waals surface area contributed by atoms with Gasteiger partial charge in [-0.15, -0.1) is 12.4 Å². The van der Waals surface area contributed by atoms with Crippen molar-refractivity contribution < 1.29 is 9.72 Å². The molecule has 1 fully saturated rings. The molecular weight excluding hydrogens is 317 g/mol. The molecule has 6 nitrogen and oxygen atoms in total. The Bertz CT molecular complexity index is 519. The van der Waals surface area contributed by atoms with Crippen molar-refractivity contribution >= 4 is 35.6 Å². The molecule has 0 saturated carbocycles. The molecule has 116 valence electrons. The predicted molar refractivity (Wildman–Crippen MR) is 83.1 cm³/mol. The van der Waals surface area contributed by atoms with E-state index in [-0.39, 0.29) is 41.5 Å². The van der Waals surface area contributed by atoms with Gasteiger partial charge in [-0.25, -0.2) is 0 Å². The number of benzene rings is 1. The van der Waals surface area contributed by atoms with Gasteiger partial charge in [0.25, 0.3) is 5.69 Å². The number of carbonyl (C=O) groups is 1. The Kier molecular flexibility index (Phi) is 6.87. The molecular formula is C13H17Cl2N3O3. The molecule has 1 amide bonds. The number of nitro benzene ring substituents is 1. The van der Waals surface area contributed by atoms with Crippen molar-refractivity contribution in [3.63, 3.8) is 0 Å². The van der Waals surface area contributed by atoms with Crippen LogP contribution in [0.4, 0.5) is 5.69 Å². The first-order valence-electron chi connectivity index (χ1n) is 6.49. The van der Waals surface area contributed by atoms with Gasteiger partial charge in [0.15, 0.2) is 0 Å². The molecule has 1 aliphatic heterocycles. The van der Waals surface area contributed by atoms with Gasteiger partial charge in [-0.3, -0.25) is 14.9 Å². The van der Waals surface area contributed by atoms with Crippen molar-refractivity contribution in [2.24, 2.45) is 0 Å². The summed E-state index contributed by atoms with van der Waals surface area (Å²) in [6, 6.07) is 4.30. The standard InChI is InChI=1S/C13H16ClN3O3.ClH/c14-12-7-11(17(19)20)4-3-9(12)6-13(18)16-10-2-1-5-15-8-10;/h3-4,7,10,15H,1-2,5-6,8H2,(H,16,18);1H/t10-;/m0./s1. The lowest BCUT2D eigenvalue weighted by atomic mass is 10.1. The Hall–Kier alpha value is -1.37. The Morgan fingerprint density at radius 1 is 1.52 bits per heavy atom. The number of nitro groups is 1. The summed E-state index contributed by atoms with van der Waals surface area (Å²) in [5.74, 6) is -0.116. The minimum Gasteiger partial charge on any atom is -0.352 e. The minimum atomic E-state index is -0.510. The van der Waals surface area contributed by atoms with Crippen LogP contribution in [-0.4, -0.2) is 30.0 Å². The molecule has 0 bridgehead atoms. The lowest BCUT2D eigenvalue weighted by Crippen LogP contribution is -2.46. The summed E-state index contributed by atoms with van der Waals surface area (Å²) in [5.41, 5.74) is 0.522. The lowest BCUT2D eigenvalue weighted by molar-refractivity contribution is -0.384. The number of carbonyl (C=O) groups excluding carboxylic acids is 1. The lowest BCUT2D eigenvalue weighted by Gasteiger charge is -2.23. The van der Waals surface area contributed by atoms with E-state index >= 15 is 0 Å². The number of piperidine rings is 1. The van der Waals surface area contributed by atoms with Crippen LogP contribution in [0.25, 0.3) is 0 Å². The first-order chi connectivity index (χ1) is 9.56. The van der Waals surface area contributed by atoms with Gasteiger partial charge < -0.3 is 10.6 Å². The Balaban J connectivity index is 0.00000220. The minimum absolute atomic E-state index is 0. The third kappa shape index (κ3) is 5.15. The van der Waals surface area contributed by atoms with Crippen molar-refractivity contribution in [1.82, 2.24) is 10.6 Å². The molecule has 0 unspecified atom stereocenters. The van der Waals surface area contributed by atoms with Gasteiger partial charge in [0.05, 0.1) is 16.4 Å². The maximum absolute atomic E-state index is 11.9. The van der Waals surface area contributed by atoms with Crippen molar-refractivity contribution in [1.29, 1.82) is 0 Å². The summed E-state index contributed by atoms with van der Waals surface area (Å²) >= 11 is 5.96. The van der Waals surface area contributed by atoms with Crippen LogP contribution in [0.3, 0.4) is 0 Å². The average Bonchev–Trinajstić information content (AvgIpc) is 2.42. The molecule has 1 saturated heterocycles. The summed E-state index contributed by atoms with van der Waals surface area (Å²) in [4.78, 5) is 22.0. The molecule has 8 heteroatoms. The molecule has 2 rings (SSSR count). The van der Waals surface area contributed by atoms with Gasteiger partial charge in [-0.05, 0) is 24.9 Å². The van der Waals surface area contributed by atoms with Crippen LogP contribution in [0, 0.1) is 10.1 Å². The number of rotatable bonds is 4. The second-order valence-corrected chi connectivity index (χ2v) is 5.23. The van der Waals surface area contributed by atoms with Gasteiger partial charge in [0, 0.05) is 24.7 Å². The maximum atomic E-state index is 11.9. The highest BCUT2D eigenvalue weighted by atomic mass is 35.5. The molecule has 0 spiro atoms. The van der Waals surface area contributed by atoms with E-state index in [1.807, 2.05) is 0 Å². The summed E-state index contributed by atoms with van der Waals surface area (Å²) in [6.07, 6.45) is 2.14. The van der Waals surface area contributed by atoms with Crippen molar-refractivity contribution in [2.75, 3.05) is 13.1 Å². The van der Waals surface area contributed by atoms with E-state index in [2.05, 4.69) is 10.6 Å². The molecule has 0 radical (unpaired) electrons. The normalized spacial score (nSPS) is 17.7. The molecule has 1 atom stereocenters. The molecule has 1 aromatic rings. The molecule has 1 aromatic carbocycles. The topological polar surface area (TPSA) is 84.3 Å². The Labute approximate surface area is 133 Å². The fourth-order valence-corrected chi connectivity index (χ4v) is 2.46. The van der Waals surface area contributed by atoms with E-state index in [9.17, 15) is 14.9 Å². The van der Waals surface area contributed by atoms with Crippen LogP contribution in [0.15, 0.2) is 18.2 Å². The van der Waals surface area contributed by atoms with E-state index in [1.165, 1.54) is 18.2 Å². The highest BCUT2D eigenvalue weighted by molar-refractivity contribution is 6.31. The third-order valence-corrected chi connectivity index (χ3v) is 3.61. The van der Waals surface area contributed by atoms with Crippen LogP contribution in [-0.2, 0) is 11.2 Å². The highest BCUT2D eigenvalue weighted by Crippen LogP contribution is 2.22. The SMILES string of the molecule is Cl.O=C(Cc1ccc([N+](=O)[O-])cc1Cl)N[C@H]1CCCNC1. The highest BCUT2D eigenvalue weighted by Gasteiger charge is 2.17.